The third kappa shape index (κ3) is 3.83. The molecule has 128 valence electrons. The van der Waals surface area contributed by atoms with Crippen LogP contribution in [-0.2, 0) is 6.54 Å². The number of amides is 1. The Kier molecular flexibility index (Phi) is 4.76. The van der Waals surface area contributed by atoms with E-state index in [-0.39, 0.29) is 28.9 Å². The maximum Gasteiger partial charge on any atom is 0.295 e. The van der Waals surface area contributed by atoms with Crippen LogP contribution in [0.5, 0.6) is 0 Å². The molecule has 0 bridgehead atoms. The fraction of sp³-hybridized carbons (Fsp3) is 0.118. The summed E-state index contributed by atoms with van der Waals surface area (Å²) in [6, 6.07) is 9.10. The maximum atomic E-state index is 13.8. The highest BCUT2D eigenvalue weighted by molar-refractivity contribution is 6.31. The molecule has 0 saturated heterocycles. The second kappa shape index (κ2) is 6.98. The quantitative estimate of drug-likeness (QED) is 0.767. The number of nitrogens with zero attached hydrogens (tertiary/aromatic N) is 3. The molecule has 1 heterocycles. The standard InChI is InChI=1S/C17H13ClF2N4O/c1-10-5-6-11(7-13(10)19)8-24-9-21-16(23-24)17(25)22-14-4-2-3-12(18)15(14)20/h2-7,9H,8H2,1H3,(H,22,25). The topological polar surface area (TPSA) is 59.8 Å². The van der Waals surface area contributed by atoms with Crippen LogP contribution in [0, 0.1) is 18.6 Å². The van der Waals surface area contributed by atoms with Crippen LogP contribution in [0.15, 0.2) is 42.7 Å². The van der Waals surface area contributed by atoms with E-state index in [1.54, 1.807) is 19.1 Å². The molecular weight excluding hydrogens is 350 g/mol. The second-order valence-electron chi connectivity index (χ2n) is 5.40. The van der Waals surface area contributed by atoms with Gasteiger partial charge in [-0.15, -0.1) is 5.10 Å². The highest BCUT2D eigenvalue weighted by atomic mass is 35.5. The molecular formula is C17H13ClF2N4O. The van der Waals surface area contributed by atoms with E-state index in [2.05, 4.69) is 15.4 Å². The fourth-order valence-electron chi connectivity index (χ4n) is 2.18. The molecule has 0 atom stereocenters. The fourth-order valence-corrected chi connectivity index (χ4v) is 2.35. The third-order valence-electron chi connectivity index (χ3n) is 3.52. The summed E-state index contributed by atoms with van der Waals surface area (Å²) >= 11 is 5.67. The maximum absolute atomic E-state index is 13.8. The zero-order valence-corrected chi connectivity index (χ0v) is 13.9. The van der Waals surface area contributed by atoms with Gasteiger partial charge >= 0.3 is 0 Å². The summed E-state index contributed by atoms with van der Waals surface area (Å²) in [5.41, 5.74) is 1.17. The summed E-state index contributed by atoms with van der Waals surface area (Å²) in [5, 5.41) is 6.29. The first-order chi connectivity index (χ1) is 11.9. The number of hydrogen-bond donors (Lipinski definition) is 1. The Hall–Kier alpha value is -2.80. The van der Waals surface area contributed by atoms with E-state index >= 15 is 0 Å². The lowest BCUT2D eigenvalue weighted by atomic mass is 10.1. The van der Waals surface area contributed by atoms with Crippen molar-refractivity contribution in [1.29, 1.82) is 0 Å². The number of aromatic nitrogens is 3. The van der Waals surface area contributed by atoms with Crippen molar-refractivity contribution in [2.75, 3.05) is 5.32 Å². The lowest BCUT2D eigenvalue weighted by Crippen LogP contribution is -2.15. The molecule has 0 spiro atoms. The molecule has 0 unspecified atom stereocenters. The number of aryl methyl sites for hydroxylation is 1. The second-order valence-corrected chi connectivity index (χ2v) is 5.81. The summed E-state index contributed by atoms with van der Waals surface area (Å²) in [4.78, 5) is 16.0. The molecule has 0 fully saturated rings. The monoisotopic (exact) mass is 362 g/mol. The SMILES string of the molecule is Cc1ccc(Cn2cnc(C(=O)Nc3cccc(Cl)c3F)n2)cc1F. The molecule has 0 aliphatic heterocycles. The average molecular weight is 363 g/mol. The number of carbonyl (C=O) groups is 1. The van der Waals surface area contributed by atoms with Crippen LogP contribution < -0.4 is 5.32 Å². The van der Waals surface area contributed by atoms with Gasteiger partial charge in [-0.2, -0.15) is 0 Å². The van der Waals surface area contributed by atoms with Gasteiger partial charge in [0.15, 0.2) is 5.82 Å². The Morgan fingerprint density at radius 1 is 1.28 bits per heavy atom. The van der Waals surface area contributed by atoms with E-state index in [9.17, 15) is 13.6 Å². The van der Waals surface area contributed by atoms with Crippen molar-refractivity contribution in [2.24, 2.45) is 0 Å². The number of anilines is 1. The van der Waals surface area contributed by atoms with Crippen molar-refractivity contribution >= 4 is 23.2 Å². The van der Waals surface area contributed by atoms with Crippen LogP contribution in [0.4, 0.5) is 14.5 Å². The predicted molar refractivity (Wildman–Crippen MR) is 89.6 cm³/mol. The number of carbonyl (C=O) groups excluding carboxylic acids is 1. The minimum atomic E-state index is -0.730. The Balaban J connectivity index is 1.73. The number of benzene rings is 2. The molecule has 5 nitrogen and oxygen atoms in total. The molecule has 1 amide bonds. The molecule has 0 saturated carbocycles. The molecule has 3 rings (SSSR count). The summed E-state index contributed by atoms with van der Waals surface area (Å²) in [7, 11) is 0. The van der Waals surface area contributed by atoms with E-state index in [1.807, 2.05) is 0 Å². The Bertz CT molecular complexity index is 942. The van der Waals surface area contributed by atoms with E-state index < -0.39 is 11.7 Å². The number of rotatable bonds is 4. The van der Waals surface area contributed by atoms with Crippen molar-refractivity contribution in [3.63, 3.8) is 0 Å². The van der Waals surface area contributed by atoms with Crippen molar-refractivity contribution < 1.29 is 13.6 Å². The van der Waals surface area contributed by atoms with Crippen LogP contribution >= 0.6 is 11.6 Å². The van der Waals surface area contributed by atoms with Crippen molar-refractivity contribution in [2.45, 2.75) is 13.5 Å². The lowest BCUT2D eigenvalue weighted by molar-refractivity contribution is 0.101. The Morgan fingerprint density at radius 3 is 2.84 bits per heavy atom. The zero-order valence-electron chi connectivity index (χ0n) is 13.1. The summed E-state index contributed by atoms with van der Waals surface area (Å²) in [6.45, 7) is 1.93. The van der Waals surface area contributed by atoms with Crippen LogP contribution in [0.1, 0.15) is 21.7 Å². The summed E-state index contributed by atoms with van der Waals surface area (Å²) < 4.78 is 28.8. The lowest BCUT2D eigenvalue weighted by Gasteiger charge is -2.05. The van der Waals surface area contributed by atoms with Crippen molar-refractivity contribution in [1.82, 2.24) is 14.8 Å². The first-order valence-corrected chi connectivity index (χ1v) is 7.71. The molecule has 3 aromatic rings. The molecule has 1 aromatic heterocycles. The van der Waals surface area contributed by atoms with Gasteiger partial charge in [0.05, 0.1) is 17.3 Å². The van der Waals surface area contributed by atoms with Crippen LogP contribution in [0.2, 0.25) is 5.02 Å². The molecule has 2 aromatic carbocycles. The van der Waals surface area contributed by atoms with Gasteiger partial charge in [0.25, 0.3) is 5.91 Å². The van der Waals surface area contributed by atoms with Gasteiger partial charge < -0.3 is 5.32 Å². The van der Waals surface area contributed by atoms with Gasteiger partial charge in [0.1, 0.15) is 12.1 Å². The highest BCUT2D eigenvalue weighted by Gasteiger charge is 2.15. The molecule has 25 heavy (non-hydrogen) atoms. The van der Waals surface area contributed by atoms with Crippen LogP contribution in [0.25, 0.3) is 0 Å². The van der Waals surface area contributed by atoms with E-state index in [0.29, 0.717) is 11.1 Å². The molecule has 1 N–H and O–H groups in total. The molecule has 0 aliphatic rings. The van der Waals surface area contributed by atoms with Gasteiger partial charge in [0.2, 0.25) is 5.82 Å². The number of hydrogen-bond acceptors (Lipinski definition) is 3. The minimum Gasteiger partial charge on any atom is -0.317 e. The summed E-state index contributed by atoms with van der Waals surface area (Å²) in [5.74, 6) is -1.85. The minimum absolute atomic E-state index is 0.0607. The van der Waals surface area contributed by atoms with Gasteiger partial charge in [-0.05, 0) is 36.2 Å². The smallest absolute Gasteiger partial charge is 0.295 e. The van der Waals surface area contributed by atoms with E-state index in [1.165, 1.54) is 35.3 Å². The van der Waals surface area contributed by atoms with Crippen LogP contribution in [-0.4, -0.2) is 20.7 Å². The average Bonchev–Trinajstić information content (AvgIpc) is 3.04. The van der Waals surface area contributed by atoms with E-state index in [0.717, 1.165) is 0 Å². The van der Waals surface area contributed by atoms with Crippen molar-refractivity contribution in [3.8, 4) is 0 Å². The Morgan fingerprint density at radius 2 is 2.08 bits per heavy atom. The normalized spacial score (nSPS) is 10.7. The number of nitrogens with one attached hydrogen (secondary N) is 1. The van der Waals surface area contributed by atoms with Crippen molar-refractivity contribution in [3.05, 3.63) is 76.3 Å². The first kappa shape index (κ1) is 17.0. The highest BCUT2D eigenvalue weighted by Crippen LogP contribution is 2.22. The summed E-state index contributed by atoms with van der Waals surface area (Å²) in [6.07, 6.45) is 1.35. The predicted octanol–water partition coefficient (Wildman–Crippen LogP) is 3.82. The largest absolute Gasteiger partial charge is 0.317 e. The van der Waals surface area contributed by atoms with E-state index in [4.69, 9.17) is 11.6 Å². The Labute approximate surface area is 147 Å². The molecule has 8 heteroatoms. The van der Waals surface area contributed by atoms with Gasteiger partial charge in [-0.1, -0.05) is 29.8 Å². The third-order valence-corrected chi connectivity index (χ3v) is 3.81. The number of halogens is 3. The van der Waals surface area contributed by atoms with Crippen LogP contribution in [0.3, 0.4) is 0 Å². The molecule has 0 aliphatic carbocycles. The zero-order chi connectivity index (χ0) is 18.0. The van der Waals surface area contributed by atoms with Gasteiger partial charge in [-0.25, -0.2) is 18.4 Å². The first-order valence-electron chi connectivity index (χ1n) is 7.34. The molecule has 0 radical (unpaired) electrons. The van der Waals surface area contributed by atoms with Gasteiger partial charge in [0, 0.05) is 0 Å². The van der Waals surface area contributed by atoms with Gasteiger partial charge in [-0.3, -0.25) is 4.79 Å².